The third kappa shape index (κ3) is 4.39. The first kappa shape index (κ1) is 17.9. The van der Waals surface area contributed by atoms with Gasteiger partial charge in [-0.05, 0) is 55.2 Å². The zero-order valence-electron chi connectivity index (χ0n) is 14.9. The van der Waals surface area contributed by atoms with Crippen molar-refractivity contribution in [3.05, 3.63) is 59.9 Å². The molecule has 1 aliphatic rings. The van der Waals surface area contributed by atoms with Gasteiger partial charge in [0.05, 0.1) is 7.11 Å². The Bertz CT molecular complexity index is 739. The summed E-state index contributed by atoms with van der Waals surface area (Å²) < 4.78 is 5.10. The molecule has 0 bridgehead atoms. The smallest absolute Gasteiger partial charge is 0.253 e. The van der Waals surface area contributed by atoms with Gasteiger partial charge in [-0.3, -0.25) is 14.6 Å². The van der Waals surface area contributed by atoms with E-state index in [2.05, 4.69) is 10.3 Å². The largest absolute Gasteiger partial charge is 0.497 e. The van der Waals surface area contributed by atoms with Gasteiger partial charge in [0.15, 0.2) is 0 Å². The van der Waals surface area contributed by atoms with Gasteiger partial charge in [-0.1, -0.05) is 0 Å². The summed E-state index contributed by atoms with van der Waals surface area (Å²) in [4.78, 5) is 30.5. The van der Waals surface area contributed by atoms with E-state index in [4.69, 9.17) is 4.74 Å². The Hall–Kier alpha value is -2.89. The lowest BCUT2D eigenvalue weighted by Gasteiger charge is -2.32. The van der Waals surface area contributed by atoms with Crippen LogP contribution < -0.4 is 10.1 Å². The number of piperidine rings is 1. The summed E-state index contributed by atoms with van der Waals surface area (Å²) in [5, 5.41) is 2.99. The molecule has 0 atom stereocenters. The van der Waals surface area contributed by atoms with Crippen molar-refractivity contribution >= 4 is 11.8 Å². The molecule has 136 valence electrons. The van der Waals surface area contributed by atoms with Crippen molar-refractivity contribution in [1.29, 1.82) is 0 Å². The van der Waals surface area contributed by atoms with Crippen molar-refractivity contribution in [2.75, 3.05) is 26.7 Å². The summed E-state index contributed by atoms with van der Waals surface area (Å²) in [6.07, 6.45) is 5.04. The van der Waals surface area contributed by atoms with E-state index in [-0.39, 0.29) is 11.8 Å². The highest BCUT2D eigenvalue weighted by Crippen LogP contribution is 2.19. The van der Waals surface area contributed by atoms with Crippen LogP contribution in [0.15, 0.2) is 48.8 Å². The van der Waals surface area contributed by atoms with Crippen molar-refractivity contribution in [2.45, 2.75) is 12.8 Å². The number of nitrogens with one attached hydrogen (secondary N) is 1. The fourth-order valence-corrected chi connectivity index (χ4v) is 3.10. The fraction of sp³-hybridized carbons (Fsp3) is 0.350. The first-order chi connectivity index (χ1) is 12.7. The van der Waals surface area contributed by atoms with Gasteiger partial charge in [0, 0.05) is 43.2 Å². The van der Waals surface area contributed by atoms with Crippen LogP contribution in [0, 0.1) is 5.92 Å². The second-order valence-corrected chi connectivity index (χ2v) is 6.41. The first-order valence-electron chi connectivity index (χ1n) is 8.79. The maximum absolute atomic E-state index is 12.4. The van der Waals surface area contributed by atoms with Gasteiger partial charge in [0.2, 0.25) is 0 Å². The second kappa shape index (κ2) is 8.47. The van der Waals surface area contributed by atoms with Crippen molar-refractivity contribution in [3.63, 3.8) is 0 Å². The number of nitrogens with zero attached hydrogens (tertiary/aromatic N) is 2. The third-order valence-corrected chi connectivity index (χ3v) is 4.73. The number of carbonyl (C=O) groups is 2. The molecule has 0 aliphatic carbocycles. The Labute approximate surface area is 153 Å². The summed E-state index contributed by atoms with van der Waals surface area (Å²) in [6.45, 7) is 2.05. The van der Waals surface area contributed by atoms with Crippen LogP contribution in [0.2, 0.25) is 0 Å². The van der Waals surface area contributed by atoms with E-state index in [1.54, 1.807) is 55.9 Å². The van der Waals surface area contributed by atoms with Gasteiger partial charge in [-0.15, -0.1) is 0 Å². The molecule has 1 aromatic heterocycles. The lowest BCUT2D eigenvalue weighted by atomic mass is 9.96. The van der Waals surface area contributed by atoms with Crippen LogP contribution in [0.4, 0.5) is 0 Å². The summed E-state index contributed by atoms with van der Waals surface area (Å²) in [5.74, 6) is 1.09. The third-order valence-electron chi connectivity index (χ3n) is 4.73. The van der Waals surface area contributed by atoms with Gasteiger partial charge in [-0.2, -0.15) is 0 Å². The van der Waals surface area contributed by atoms with E-state index in [1.807, 2.05) is 4.90 Å². The Morgan fingerprint density at radius 3 is 2.35 bits per heavy atom. The highest BCUT2D eigenvalue weighted by molar-refractivity contribution is 5.94. The molecule has 0 saturated carbocycles. The Balaban J connectivity index is 1.45. The number of hydrogen-bond acceptors (Lipinski definition) is 4. The minimum Gasteiger partial charge on any atom is -0.497 e. The quantitative estimate of drug-likeness (QED) is 0.896. The standard InChI is InChI=1S/C20H23N3O3/c1-26-18-4-2-16(3-5-18)19(24)22-14-15-8-12-23(13-9-15)20(25)17-6-10-21-11-7-17/h2-7,10-11,15H,8-9,12-14H2,1H3,(H,22,24). The number of carbonyl (C=O) groups excluding carboxylic acids is 2. The molecule has 6 nitrogen and oxygen atoms in total. The molecule has 1 saturated heterocycles. The number of aromatic nitrogens is 1. The molecule has 1 aliphatic heterocycles. The number of amides is 2. The molecule has 1 fully saturated rings. The predicted octanol–water partition coefficient (Wildman–Crippen LogP) is 2.37. The second-order valence-electron chi connectivity index (χ2n) is 6.41. The molecule has 1 aromatic carbocycles. The van der Waals surface area contributed by atoms with Gasteiger partial charge < -0.3 is 15.0 Å². The van der Waals surface area contributed by atoms with Gasteiger partial charge in [-0.25, -0.2) is 0 Å². The molecule has 26 heavy (non-hydrogen) atoms. The van der Waals surface area contributed by atoms with Crippen molar-refractivity contribution in [2.24, 2.45) is 5.92 Å². The number of benzene rings is 1. The van der Waals surface area contributed by atoms with Crippen LogP contribution >= 0.6 is 0 Å². The van der Waals surface area contributed by atoms with Crippen molar-refractivity contribution in [1.82, 2.24) is 15.2 Å². The number of methoxy groups -OCH3 is 1. The highest BCUT2D eigenvalue weighted by Gasteiger charge is 2.24. The molecule has 2 amide bonds. The average molecular weight is 353 g/mol. The molecule has 0 unspecified atom stereocenters. The molecule has 0 radical (unpaired) electrons. The molecular formula is C20H23N3O3. The number of rotatable bonds is 5. The number of ether oxygens (including phenoxy) is 1. The van der Waals surface area contributed by atoms with E-state index in [0.29, 0.717) is 36.7 Å². The summed E-state index contributed by atoms with van der Waals surface area (Å²) in [7, 11) is 1.60. The maximum Gasteiger partial charge on any atom is 0.253 e. The van der Waals surface area contributed by atoms with Crippen LogP contribution in [0.1, 0.15) is 33.6 Å². The van der Waals surface area contributed by atoms with Crippen molar-refractivity contribution in [3.8, 4) is 5.75 Å². The summed E-state index contributed by atoms with van der Waals surface area (Å²) in [6, 6.07) is 10.5. The Kier molecular flexibility index (Phi) is 5.84. The van der Waals surface area contributed by atoms with E-state index < -0.39 is 0 Å². The predicted molar refractivity (Wildman–Crippen MR) is 98.2 cm³/mol. The van der Waals surface area contributed by atoms with Crippen molar-refractivity contribution < 1.29 is 14.3 Å². The first-order valence-corrected chi connectivity index (χ1v) is 8.79. The highest BCUT2D eigenvalue weighted by atomic mass is 16.5. The van der Waals surface area contributed by atoms with E-state index >= 15 is 0 Å². The van der Waals surface area contributed by atoms with Crippen LogP contribution in [-0.4, -0.2) is 48.4 Å². The fourth-order valence-electron chi connectivity index (χ4n) is 3.10. The number of pyridine rings is 1. The summed E-state index contributed by atoms with van der Waals surface area (Å²) >= 11 is 0. The normalized spacial score (nSPS) is 14.7. The van der Waals surface area contributed by atoms with Gasteiger partial charge >= 0.3 is 0 Å². The molecule has 0 spiro atoms. The zero-order chi connectivity index (χ0) is 18.4. The minimum atomic E-state index is -0.0806. The average Bonchev–Trinajstić information content (AvgIpc) is 2.72. The Morgan fingerprint density at radius 1 is 1.08 bits per heavy atom. The minimum absolute atomic E-state index is 0.0492. The van der Waals surface area contributed by atoms with Crippen LogP contribution in [0.5, 0.6) is 5.75 Å². The topological polar surface area (TPSA) is 71.5 Å². The van der Waals surface area contributed by atoms with E-state index in [0.717, 1.165) is 18.6 Å². The Morgan fingerprint density at radius 2 is 1.73 bits per heavy atom. The monoisotopic (exact) mass is 353 g/mol. The van der Waals surface area contributed by atoms with Crippen LogP contribution in [0.3, 0.4) is 0 Å². The number of likely N-dealkylation sites (tertiary alicyclic amines) is 1. The lowest BCUT2D eigenvalue weighted by molar-refractivity contribution is 0.0684. The molecular weight excluding hydrogens is 330 g/mol. The molecule has 6 heteroatoms. The van der Waals surface area contributed by atoms with Crippen LogP contribution in [0.25, 0.3) is 0 Å². The molecule has 2 heterocycles. The van der Waals surface area contributed by atoms with Gasteiger partial charge in [0.1, 0.15) is 5.75 Å². The SMILES string of the molecule is COc1ccc(C(=O)NCC2CCN(C(=O)c3ccncc3)CC2)cc1. The molecule has 1 N–H and O–H groups in total. The molecule has 2 aromatic rings. The molecule has 3 rings (SSSR count). The van der Waals surface area contributed by atoms with E-state index in [9.17, 15) is 9.59 Å². The van der Waals surface area contributed by atoms with E-state index in [1.165, 1.54) is 0 Å². The summed E-state index contributed by atoms with van der Waals surface area (Å²) in [5.41, 5.74) is 1.29. The maximum atomic E-state index is 12.4. The van der Waals surface area contributed by atoms with Crippen LogP contribution in [-0.2, 0) is 0 Å². The zero-order valence-corrected chi connectivity index (χ0v) is 14.9. The number of hydrogen-bond donors (Lipinski definition) is 1. The van der Waals surface area contributed by atoms with Gasteiger partial charge in [0.25, 0.3) is 11.8 Å². The lowest BCUT2D eigenvalue weighted by Crippen LogP contribution is -2.41.